The molecule has 0 aromatic carbocycles. The molecular formula is C11H21N3O2S. The molecule has 1 aliphatic heterocycles. The monoisotopic (exact) mass is 259 g/mol. The fourth-order valence-electron chi connectivity index (χ4n) is 1.26. The summed E-state index contributed by atoms with van der Waals surface area (Å²) in [6.07, 6.45) is 0. The van der Waals surface area contributed by atoms with E-state index in [0.29, 0.717) is 13.2 Å². The van der Waals surface area contributed by atoms with Gasteiger partial charge in [0.25, 0.3) is 0 Å². The van der Waals surface area contributed by atoms with Crippen molar-refractivity contribution in [3.05, 3.63) is 0 Å². The Morgan fingerprint density at radius 3 is 2.94 bits per heavy atom. The third kappa shape index (κ3) is 5.93. The Bertz CT molecular complexity index is 292. The number of hydrogen-bond acceptors (Lipinski definition) is 5. The minimum Gasteiger partial charge on any atom is -0.383 e. The molecule has 1 heterocycles. The summed E-state index contributed by atoms with van der Waals surface area (Å²) >= 11 is 1.67. The number of nitrogens with zero attached hydrogens (tertiary/aromatic N) is 1. The highest BCUT2D eigenvalue weighted by atomic mass is 32.2. The first-order valence-electron chi connectivity index (χ1n) is 5.70. The van der Waals surface area contributed by atoms with Gasteiger partial charge in [0.05, 0.1) is 13.2 Å². The predicted molar refractivity (Wildman–Crippen MR) is 71.4 cm³/mol. The van der Waals surface area contributed by atoms with E-state index in [0.717, 1.165) is 17.5 Å². The second kappa shape index (κ2) is 6.86. The van der Waals surface area contributed by atoms with Crippen LogP contribution in [0.25, 0.3) is 0 Å². The van der Waals surface area contributed by atoms with Crippen LogP contribution in [-0.2, 0) is 9.53 Å². The van der Waals surface area contributed by atoms with Crippen molar-refractivity contribution in [3.63, 3.8) is 0 Å². The van der Waals surface area contributed by atoms with Crippen LogP contribution in [0.5, 0.6) is 0 Å². The molecule has 1 aliphatic rings. The van der Waals surface area contributed by atoms with Crippen molar-refractivity contribution in [3.8, 4) is 0 Å². The van der Waals surface area contributed by atoms with Crippen LogP contribution in [-0.4, -0.2) is 50.2 Å². The van der Waals surface area contributed by atoms with E-state index >= 15 is 0 Å². The SMILES string of the molecule is COCCNC(=O)CNC1=NCC(C)(C)CS1. The molecule has 1 amide bonds. The zero-order valence-electron chi connectivity index (χ0n) is 10.7. The quantitative estimate of drug-likeness (QED) is 0.705. The van der Waals surface area contributed by atoms with Crippen LogP contribution >= 0.6 is 11.8 Å². The molecule has 0 spiro atoms. The molecular weight excluding hydrogens is 238 g/mol. The summed E-state index contributed by atoms with van der Waals surface area (Å²) in [5.74, 6) is 1.000. The molecule has 17 heavy (non-hydrogen) atoms. The van der Waals surface area contributed by atoms with Crippen LogP contribution < -0.4 is 10.6 Å². The Hall–Kier alpha value is -0.750. The van der Waals surface area contributed by atoms with Crippen LogP contribution in [0.2, 0.25) is 0 Å². The molecule has 0 fully saturated rings. The van der Waals surface area contributed by atoms with Gasteiger partial charge in [-0.3, -0.25) is 9.79 Å². The van der Waals surface area contributed by atoms with Gasteiger partial charge in [-0.1, -0.05) is 25.6 Å². The number of carbonyl (C=O) groups excluding carboxylic acids is 1. The average Bonchev–Trinajstić information content (AvgIpc) is 2.28. The number of ether oxygens (including phenoxy) is 1. The molecule has 6 heteroatoms. The lowest BCUT2D eigenvalue weighted by Gasteiger charge is -2.27. The molecule has 0 aromatic rings. The van der Waals surface area contributed by atoms with Gasteiger partial charge in [-0.2, -0.15) is 0 Å². The second-order valence-corrected chi connectivity index (χ2v) is 5.73. The van der Waals surface area contributed by atoms with Gasteiger partial charge in [-0.05, 0) is 5.41 Å². The van der Waals surface area contributed by atoms with Gasteiger partial charge in [0.2, 0.25) is 5.91 Å². The van der Waals surface area contributed by atoms with Crippen LogP contribution in [0.1, 0.15) is 13.8 Å². The number of nitrogens with one attached hydrogen (secondary N) is 2. The molecule has 5 nitrogen and oxygen atoms in total. The lowest BCUT2D eigenvalue weighted by molar-refractivity contribution is -0.120. The zero-order chi connectivity index (χ0) is 12.7. The summed E-state index contributed by atoms with van der Waals surface area (Å²) < 4.78 is 4.85. The van der Waals surface area contributed by atoms with Gasteiger partial charge in [-0.25, -0.2) is 0 Å². The van der Waals surface area contributed by atoms with Gasteiger partial charge in [0.15, 0.2) is 5.17 Å². The number of methoxy groups -OCH3 is 1. The molecule has 1 rings (SSSR count). The lowest BCUT2D eigenvalue weighted by Crippen LogP contribution is -2.39. The first-order chi connectivity index (χ1) is 8.03. The van der Waals surface area contributed by atoms with E-state index in [-0.39, 0.29) is 17.9 Å². The maximum absolute atomic E-state index is 11.4. The number of rotatable bonds is 5. The highest BCUT2D eigenvalue weighted by Crippen LogP contribution is 2.26. The van der Waals surface area contributed by atoms with E-state index < -0.39 is 0 Å². The Kier molecular flexibility index (Phi) is 5.77. The summed E-state index contributed by atoms with van der Waals surface area (Å²) in [7, 11) is 1.61. The predicted octanol–water partition coefficient (Wildman–Crippen LogP) is 0.468. The fourth-order valence-corrected chi connectivity index (χ4v) is 2.21. The molecule has 0 bridgehead atoms. The van der Waals surface area contributed by atoms with E-state index in [2.05, 4.69) is 29.5 Å². The molecule has 0 saturated carbocycles. The van der Waals surface area contributed by atoms with Gasteiger partial charge in [0.1, 0.15) is 0 Å². The van der Waals surface area contributed by atoms with Crippen molar-refractivity contribution in [2.75, 3.05) is 39.1 Å². The molecule has 0 atom stereocenters. The van der Waals surface area contributed by atoms with Crippen LogP contribution in [0.15, 0.2) is 4.99 Å². The number of hydrogen-bond donors (Lipinski definition) is 2. The number of carbonyl (C=O) groups is 1. The summed E-state index contributed by atoms with van der Waals surface area (Å²) in [6, 6.07) is 0. The van der Waals surface area contributed by atoms with Gasteiger partial charge in [-0.15, -0.1) is 0 Å². The van der Waals surface area contributed by atoms with Gasteiger partial charge >= 0.3 is 0 Å². The molecule has 0 saturated heterocycles. The van der Waals surface area contributed by atoms with Crippen LogP contribution in [0.4, 0.5) is 0 Å². The minimum absolute atomic E-state index is 0.0322. The Morgan fingerprint density at radius 2 is 2.35 bits per heavy atom. The minimum atomic E-state index is -0.0322. The first-order valence-corrected chi connectivity index (χ1v) is 6.69. The standard InChI is InChI=1S/C11H21N3O2S/c1-11(2)7-14-10(17-8-11)13-6-9(15)12-4-5-16-3/h4-8H2,1-3H3,(H,12,15)(H,13,14). The summed E-state index contributed by atoms with van der Waals surface area (Å²) in [6.45, 7) is 6.55. The first kappa shape index (κ1) is 14.3. The van der Waals surface area contributed by atoms with Gasteiger partial charge in [0, 0.05) is 26.0 Å². The van der Waals surface area contributed by atoms with Crippen molar-refractivity contribution in [1.82, 2.24) is 10.6 Å². The lowest BCUT2D eigenvalue weighted by atomic mass is 9.97. The second-order valence-electron chi connectivity index (χ2n) is 4.77. The van der Waals surface area contributed by atoms with Gasteiger partial charge < -0.3 is 15.4 Å². The third-order valence-corrected chi connectivity index (χ3v) is 3.75. The summed E-state index contributed by atoms with van der Waals surface area (Å²) in [5, 5.41) is 6.66. The average molecular weight is 259 g/mol. The highest BCUT2D eigenvalue weighted by molar-refractivity contribution is 8.13. The topological polar surface area (TPSA) is 62.7 Å². The molecule has 0 aromatic heterocycles. The van der Waals surface area contributed by atoms with Crippen molar-refractivity contribution < 1.29 is 9.53 Å². The summed E-state index contributed by atoms with van der Waals surface area (Å²) in [4.78, 5) is 15.8. The van der Waals surface area contributed by atoms with E-state index in [1.165, 1.54) is 0 Å². The van der Waals surface area contributed by atoms with Crippen LogP contribution in [0.3, 0.4) is 0 Å². The van der Waals surface area contributed by atoms with E-state index in [4.69, 9.17) is 4.74 Å². The molecule has 98 valence electrons. The van der Waals surface area contributed by atoms with E-state index in [9.17, 15) is 4.79 Å². The number of amides is 1. The number of aliphatic imine (C=N–C) groups is 1. The Morgan fingerprint density at radius 1 is 1.59 bits per heavy atom. The zero-order valence-corrected chi connectivity index (χ0v) is 11.5. The van der Waals surface area contributed by atoms with E-state index in [1.54, 1.807) is 18.9 Å². The summed E-state index contributed by atoms with van der Waals surface area (Å²) in [5.41, 5.74) is 0.260. The van der Waals surface area contributed by atoms with Crippen LogP contribution in [0, 0.1) is 5.41 Å². The largest absolute Gasteiger partial charge is 0.383 e. The van der Waals surface area contributed by atoms with Crippen molar-refractivity contribution in [1.29, 1.82) is 0 Å². The maximum Gasteiger partial charge on any atom is 0.239 e. The Balaban J connectivity index is 2.18. The highest BCUT2D eigenvalue weighted by Gasteiger charge is 2.23. The Labute approximate surface area is 107 Å². The molecule has 0 aliphatic carbocycles. The number of thioether (sulfide) groups is 1. The number of amidine groups is 1. The fraction of sp³-hybridized carbons (Fsp3) is 0.818. The normalized spacial score (nSPS) is 18.4. The van der Waals surface area contributed by atoms with Crippen molar-refractivity contribution in [2.24, 2.45) is 10.4 Å². The molecule has 0 unspecified atom stereocenters. The van der Waals surface area contributed by atoms with Crippen molar-refractivity contribution >= 4 is 22.8 Å². The van der Waals surface area contributed by atoms with Crippen molar-refractivity contribution in [2.45, 2.75) is 13.8 Å². The smallest absolute Gasteiger partial charge is 0.239 e. The molecule has 2 N–H and O–H groups in total. The molecule has 0 radical (unpaired) electrons. The third-order valence-electron chi connectivity index (χ3n) is 2.28. The maximum atomic E-state index is 11.4. The van der Waals surface area contributed by atoms with E-state index in [1.807, 2.05) is 0 Å².